The molecule has 78 valence electrons. The summed E-state index contributed by atoms with van der Waals surface area (Å²) in [4.78, 5) is 12.5. The molecule has 1 rings (SSSR count). The maximum absolute atomic E-state index is 4.19. The van der Waals surface area contributed by atoms with Crippen LogP contribution in [0.2, 0.25) is 0 Å². The zero-order chi connectivity index (χ0) is 10.4. The van der Waals surface area contributed by atoms with Gasteiger partial charge in [0.2, 0.25) is 17.1 Å². The molecule has 1 heterocycles. The molecule has 1 aromatic rings. The summed E-state index contributed by atoms with van der Waals surface area (Å²) in [6, 6.07) is 0. The minimum absolute atomic E-state index is 0.564. The fourth-order valence-corrected chi connectivity index (χ4v) is 1.29. The third-order valence-corrected chi connectivity index (χ3v) is 1.94. The second kappa shape index (κ2) is 5.61. The molecule has 3 N–H and O–H groups in total. The van der Waals surface area contributed by atoms with E-state index in [9.17, 15) is 0 Å². The number of hydrogen-bond donors (Lipinski definition) is 3. The lowest BCUT2D eigenvalue weighted by Crippen LogP contribution is -2.08. The Labute approximate surface area is 87.5 Å². The second-order valence-electron chi connectivity index (χ2n) is 2.35. The van der Waals surface area contributed by atoms with Crippen molar-refractivity contribution in [1.82, 2.24) is 19.7 Å². The minimum Gasteiger partial charge on any atom is -0.357 e. The van der Waals surface area contributed by atoms with Crippen LogP contribution in [0.25, 0.3) is 0 Å². The van der Waals surface area contributed by atoms with Gasteiger partial charge in [0.15, 0.2) is 0 Å². The van der Waals surface area contributed by atoms with E-state index in [1.165, 1.54) is 11.9 Å². The summed E-state index contributed by atoms with van der Waals surface area (Å²) in [7, 11) is 3.60. The van der Waals surface area contributed by atoms with Gasteiger partial charge in [0.25, 0.3) is 0 Å². The van der Waals surface area contributed by atoms with Gasteiger partial charge in [-0.05, 0) is 25.9 Å². The van der Waals surface area contributed by atoms with Gasteiger partial charge < -0.3 is 10.6 Å². The number of nitrogens with one attached hydrogen (secondary N) is 3. The molecule has 7 heteroatoms. The molecule has 0 unspecified atom stereocenters. The molecule has 0 aliphatic heterocycles. The lowest BCUT2D eigenvalue weighted by Gasteiger charge is -2.05. The smallest absolute Gasteiger partial charge is 0.228 e. The van der Waals surface area contributed by atoms with Crippen LogP contribution in [0.15, 0.2) is 5.16 Å². The van der Waals surface area contributed by atoms with Gasteiger partial charge in [-0.25, -0.2) is 0 Å². The highest BCUT2D eigenvalue weighted by Crippen LogP contribution is 2.12. The van der Waals surface area contributed by atoms with E-state index >= 15 is 0 Å². The first-order valence-corrected chi connectivity index (χ1v) is 5.13. The molecule has 0 aliphatic rings. The van der Waals surface area contributed by atoms with Crippen molar-refractivity contribution >= 4 is 23.8 Å². The summed E-state index contributed by atoms with van der Waals surface area (Å²) in [6.07, 6.45) is 0. The van der Waals surface area contributed by atoms with E-state index in [1.54, 1.807) is 7.05 Å². The van der Waals surface area contributed by atoms with Crippen LogP contribution in [-0.2, 0) is 0 Å². The van der Waals surface area contributed by atoms with Crippen LogP contribution < -0.4 is 15.4 Å². The standard InChI is InChI=1S/C7H14N6S/c1-4-10-6-11-5(8-2)12-7(13-6)14-9-3/h9H,4H2,1-3H3,(H2,8,10,11,12,13). The quantitative estimate of drug-likeness (QED) is 0.619. The molecular weight excluding hydrogens is 200 g/mol. The Morgan fingerprint density at radius 2 is 1.86 bits per heavy atom. The molecule has 1 aromatic heterocycles. The monoisotopic (exact) mass is 214 g/mol. The maximum Gasteiger partial charge on any atom is 0.228 e. The normalized spacial score (nSPS) is 9.93. The van der Waals surface area contributed by atoms with Gasteiger partial charge in [0, 0.05) is 13.6 Å². The van der Waals surface area contributed by atoms with Crippen LogP contribution in [0.1, 0.15) is 6.92 Å². The summed E-state index contributed by atoms with van der Waals surface area (Å²) in [5.74, 6) is 1.15. The largest absolute Gasteiger partial charge is 0.357 e. The minimum atomic E-state index is 0.564. The Balaban J connectivity index is 2.88. The third-order valence-electron chi connectivity index (χ3n) is 1.37. The van der Waals surface area contributed by atoms with Crippen molar-refractivity contribution in [2.45, 2.75) is 12.1 Å². The molecule has 0 radical (unpaired) electrons. The molecule has 6 nitrogen and oxygen atoms in total. The van der Waals surface area contributed by atoms with Crippen LogP contribution in [0.5, 0.6) is 0 Å². The first-order valence-electron chi connectivity index (χ1n) is 4.31. The van der Waals surface area contributed by atoms with E-state index in [4.69, 9.17) is 0 Å². The van der Waals surface area contributed by atoms with Gasteiger partial charge in [0.1, 0.15) is 0 Å². The number of anilines is 2. The van der Waals surface area contributed by atoms with E-state index in [0.29, 0.717) is 17.1 Å². The van der Waals surface area contributed by atoms with Crippen molar-refractivity contribution < 1.29 is 0 Å². The van der Waals surface area contributed by atoms with Crippen molar-refractivity contribution in [2.24, 2.45) is 0 Å². The summed E-state index contributed by atoms with van der Waals surface area (Å²) >= 11 is 1.35. The predicted octanol–water partition coefficient (Wildman–Crippen LogP) is 0.572. The third kappa shape index (κ3) is 3.00. The van der Waals surface area contributed by atoms with Gasteiger partial charge in [-0.1, -0.05) is 0 Å². The lowest BCUT2D eigenvalue weighted by atomic mass is 10.7. The molecule has 0 spiro atoms. The lowest BCUT2D eigenvalue weighted by molar-refractivity contribution is 0.899. The highest BCUT2D eigenvalue weighted by molar-refractivity contribution is 7.97. The summed E-state index contributed by atoms with van der Waals surface area (Å²) in [5, 5.41) is 6.56. The molecule has 0 bridgehead atoms. The fraction of sp³-hybridized carbons (Fsp3) is 0.571. The molecule has 14 heavy (non-hydrogen) atoms. The number of aromatic nitrogens is 3. The van der Waals surface area contributed by atoms with E-state index in [1.807, 2.05) is 14.0 Å². The molecule has 0 atom stereocenters. The molecule has 0 aromatic carbocycles. The number of hydrogen-bond acceptors (Lipinski definition) is 7. The predicted molar refractivity (Wildman–Crippen MR) is 58.5 cm³/mol. The Hall–Kier alpha value is -1.08. The zero-order valence-electron chi connectivity index (χ0n) is 8.46. The van der Waals surface area contributed by atoms with E-state index in [0.717, 1.165) is 6.54 Å². The van der Waals surface area contributed by atoms with E-state index in [-0.39, 0.29) is 0 Å². The highest BCUT2D eigenvalue weighted by atomic mass is 32.2. The summed E-state index contributed by atoms with van der Waals surface area (Å²) in [5.41, 5.74) is 0. The van der Waals surface area contributed by atoms with Gasteiger partial charge in [-0.2, -0.15) is 15.0 Å². The summed E-state index contributed by atoms with van der Waals surface area (Å²) < 4.78 is 2.91. The number of rotatable bonds is 5. The Morgan fingerprint density at radius 3 is 2.43 bits per heavy atom. The van der Waals surface area contributed by atoms with Gasteiger partial charge in [-0.15, -0.1) is 0 Å². The first kappa shape index (κ1) is 11.0. The molecule has 0 saturated carbocycles. The Kier molecular flexibility index (Phi) is 4.41. The first-order chi connectivity index (χ1) is 6.80. The molecule has 0 saturated heterocycles. The van der Waals surface area contributed by atoms with Crippen molar-refractivity contribution in [2.75, 3.05) is 31.3 Å². The SMILES string of the molecule is CCNc1nc(NC)nc(SNC)n1. The van der Waals surface area contributed by atoms with Crippen LogP contribution in [-0.4, -0.2) is 35.6 Å². The van der Waals surface area contributed by atoms with Gasteiger partial charge in [-0.3, -0.25) is 4.72 Å². The Bertz CT molecular complexity index is 267. The topological polar surface area (TPSA) is 74.8 Å². The highest BCUT2D eigenvalue weighted by Gasteiger charge is 2.04. The molecule has 0 aliphatic carbocycles. The molecule has 0 amide bonds. The molecule has 0 fully saturated rings. The van der Waals surface area contributed by atoms with Gasteiger partial charge in [0.05, 0.1) is 0 Å². The van der Waals surface area contributed by atoms with Crippen molar-refractivity contribution in [3.05, 3.63) is 0 Å². The fourth-order valence-electron chi connectivity index (χ4n) is 0.842. The van der Waals surface area contributed by atoms with E-state index < -0.39 is 0 Å². The van der Waals surface area contributed by atoms with Gasteiger partial charge >= 0.3 is 0 Å². The van der Waals surface area contributed by atoms with Crippen LogP contribution in [0.4, 0.5) is 11.9 Å². The van der Waals surface area contributed by atoms with Crippen LogP contribution in [0, 0.1) is 0 Å². The van der Waals surface area contributed by atoms with E-state index in [2.05, 4.69) is 30.3 Å². The average molecular weight is 214 g/mol. The summed E-state index contributed by atoms with van der Waals surface area (Å²) in [6.45, 7) is 2.78. The van der Waals surface area contributed by atoms with Crippen LogP contribution >= 0.6 is 11.9 Å². The maximum atomic E-state index is 4.19. The Morgan fingerprint density at radius 1 is 1.14 bits per heavy atom. The zero-order valence-corrected chi connectivity index (χ0v) is 9.27. The van der Waals surface area contributed by atoms with Crippen molar-refractivity contribution in [3.8, 4) is 0 Å². The second-order valence-corrected chi connectivity index (χ2v) is 3.33. The average Bonchev–Trinajstić information content (AvgIpc) is 2.18. The number of nitrogens with zero attached hydrogens (tertiary/aromatic N) is 3. The van der Waals surface area contributed by atoms with Crippen molar-refractivity contribution in [3.63, 3.8) is 0 Å². The molecular formula is C7H14N6S. The van der Waals surface area contributed by atoms with Crippen molar-refractivity contribution in [1.29, 1.82) is 0 Å². The van der Waals surface area contributed by atoms with Crippen LogP contribution in [0.3, 0.4) is 0 Å².